The van der Waals surface area contributed by atoms with E-state index < -0.39 is 15.8 Å². The summed E-state index contributed by atoms with van der Waals surface area (Å²) in [5, 5.41) is 8.80. The summed E-state index contributed by atoms with van der Waals surface area (Å²) in [5.74, 6) is 0. The van der Waals surface area contributed by atoms with Crippen LogP contribution in [0, 0.1) is 13.8 Å². The highest BCUT2D eigenvalue weighted by Gasteiger charge is 2.59. The first-order valence-electron chi connectivity index (χ1n) is 17.7. The predicted octanol–water partition coefficient (Wildman–Crippen LogP) is 9.47. The minimum absolute atomic E-state index is 0.0343. The van der Waals surface area contributed by atoms with Crippen LogP contribution < -0.4 is 31.8 Å². The molecule has 8 rings (SSSR count). The highest BCUT2D eigenvalue weighted by molar-refractivity contribution is 7.80. The molecule has 0 saturated heterocycles. The fourth-order valence-electron chi connectivity index (χ4n) is 9.36. The SMILES string of the molecule is Cc1cc(P(c2ccccc2)c2ccccc2)c2c(c1)C(C)(C)CC21CC(C)(C)c2cc(C)cc(P(c3ccccc3)c3ccccc3)c21. The van der Waals surface area contributed by atoms with Gasteiger partial charge in [-0.3, -0.25) is 0 Å². The Morgan fingerprint density at radius 3 is 0.980 bits per heavy atom. The summed E-state index contributed by atoms with van der Waals surface area (Å²) in [6, 6.07) is 55.6. The molecular weight excluding hydrogens is 626 g/mol. The van der Waals surface area contributed by atoms with E-state index >= 15 is 0 Å². The van der Waals surface area contributed by atoms with Crippen molar-refractivity contribution in [3.05, 3.63) is 179 Å². The largest absolute Gasteiger partial charge is 0.0622 e. The maximum absolute atomic E-state index is 2.57. The predicted molar refractivity (Wildman–Crippen MR) is 216 cm³/mol. The molecule has 0 amide bonds. The van der Waals surface area contributed by atoms with Crippen LogP contribution in [0.5, 0.6) is 0 Å². The zero-order valence-electron chi connectivity index (χ0n) is 29.7. The van der Waals surface area contributed by atoms with Crippen molar-refractivity contribution in [1.29, 1.82) is 0 Å². The minimum Gasteiger partial charge on any atom is -0.0622 e. The van der Waals surface area contributed by atoms with Crippen LogP contribution in [0.3, 0.4) is 0 Å². The molecule has 49 heavy (non-hydrogen) atoms. The molecule has 0 unspecified atom stereocenters. The first-order chi connectivity index (χ1) is 23.6. The van der Waals surface area contributed by atoms with Crippen LogP contribution in [0.4, 0.5) is 0 Å². The van der Waals surface area contributed by atoms with Crippen molar-refractivity contribution < 1.29 is 0 Å². The molecule has 0 nitrogen and oxygen atoms in total. The summed E-state index contributed by atoms with van der Waals surface area (Å²) in [7, 11) is -1.56. The van der Waals surface area contributed by atoms with Crippen LogP contribution >= 0.6 is 15.8 Å². The maximum atomic E-state index is 2.57. The number of hydrogen-bond donors (Lipinski definition) is 0. The highest BCUT2D eigenvalue weighted by Crippen LogP contribution is 2.64. The Hall–Kier alpha value is -3.82. The lowest BCUT2D eigenvalue weighted by Gasteiger charge is -2.36. The molecular formula is C47H46P2. The van der Waals surface area contributed by atoms with E-state index in [0.29, 0.717) is 0 Å². The van der Waals surface area contributed by atoms with E-state index in [-0.39, 0.29) is 16.2 Å². The summed E-state index contributed by atoms with van der Waals surface area (Å²) in [5.41, 5.74) is 9.06. The van der Waals surface area contributed by atoms with E-state index in [1.54, 1.807) is 32.9 Å². The van der Waals surface area contributed by atoms with E-state index in [1.165, 1.54) is 32.3 Å². The first-order valence-corrected chi connectivity index (χ1v) is 20.4. The van der Waals surface area contributed by atoms with E-state index in [1.807, 2.05) is 0 Å². The number of aryl methyl sites for hydroxylation is 2. The molecule has 0 fully saturated rings. The van der Waals surface area contributed by atoms with Gasteiger partial charge in [0.15, 0.2) is 0 Å². The molecule has 2 aliphatic rings. The smallest absolute Gasteiger partial charge is 0.0238 e. The van der Waals surface area contributed by atoms with Gasteiger partial charge in [0, 0.05) is 5.41 Å². The summed E-state index contributed by atoms with van der Waals surface area (Å²) in [6.45, 7) is 14.7. The third kappa shape index (κ3) is 5.44. The van der Waals surface area contributed by atoms with Crippen molar-refractivity contribution in [2.24, 2.45) is 0 Å². The van der Waals surface area contributed by atoms with Crippen molar-refractivity contribution in [1.82, 2.24) is 0 Å². The minimum atomic E-state index is -0.782. The van der Waals surface area contributed by atoms with Gasteiger partial charge in [0.1, 0.15) is 0 Å². The van der Waals surface area contributed by atoms with Crippen LogP contribution in [0.1, 0.15) is 73.9 Å². The molecule has 0 N–H and O–H groups in total. The molecule has 6 aromatic carbocycles. The molecule has 0 aromatic heterocycles. The second-order valence-corrected chi connectivity index (χ2v) is 20.0. The Kier molecular flexibility index (Phi) is 8.06. The third-order valence-electron chi connectivity index (χ3n) is 11.0. The molecule has 0 atom stereocenters. The Balaban J connectivity index is 1.49. The number of benzene rings is 6. The van der Waals surface area contributed by atoms with Gasteiger partial charge in [-0.05, 0) is 107 Å². The second kappa shape index (κ2) is 12.2. The van der Waals surface area contributed by atoms with Gasteiger partial charge < -0.3 is 0 Å². The van der Waals surface area contributed by atoms with Gasteiger partial charge in [-0.25, -0.2) is 0 Å². The molecule has 0 radical (unpaired) electrons. The standard InChI is InChI=1S/C47H46P2/c1-33-27-39-43(41(29-33)48(35-19-11-7-12-20-35)36-21-13-8-14-22-36)47(31-45(39,3)4)32-46(5,6)40-28-34(2)30-42(44(40)47)49(37-23-15-9-16-24-37)38-25-17-10-18-26-38/h7-30H,31-32H2,1-6H3. The van der Waals surface area contributed by atoms with E-state index in [2.05, 4.69) is 187 Å². The normalized spacial score (nSPS) is 16.7. The lowest BCUT2D eigenvalue weighted by Crippen LogP contribution is -2.37. The van der Waals surface area contributed by atoms with Gasteiger partial charge in [0.05, 0.1) is 0 Å². The molecule has 2 heteroatoms. The molecule has 0 bridgehead atoms. The van der Waals surface area contributed by atoms with Gasteiger partial charge in [-0.15, -0.1) is 0 Å². The summed E-state index contributed by atoms with van der Waals surface area (Å²) in [4.78, 5) is 0. The molecule has 2 aliphatic carbocycles. The molecule has 1 spiro atoms. The fraction of sp³-hybridized carbons (Fsp3) is 0.234. The maximum Gasteiger partial charge on any atom is 0.0238 e. The van der Waals surface area contributed by atoms with Gasteiger partial charge >= 0.3 is 0 Å². The molecule has 244 valence electrons. The fourth-order valence-corrected chi connectivity index (χ4v) is 14.7. The quantitative estimate of drug-likeness (QED) is 0.155. The summed E-state index contributed by atoms with van der Waals surface area (Å²) < 4.78 is 0. The second-order valence-electron chi connectivity index (χ2n) is 15.6. The highest BCUT2D eigenvalue weighted by atomic mass is 31.1. The van der Waals surface area contributed by atoms with Crippen molar-refractivity contribution in [3.8, 4) is 0 Å². The van der Waals surface area contributed by atoms with Gasteiger partial charge in [-0.1, -0.05) is 184 Å². The summed E-state index contributed by atoms with van der Waals surface area (Å²) in [6.07, 6.45) is 2.25. The van der Waals surface area contributed by atoms with E-state index in [9.17, 15) is 0 Å². The Bertz CT molecular complexity index is 1890. The van der Waals surface area contributed by atoms with Crippen molar-refractivity contribution in [3.63, 3.8) is 0 Å². The monoisotopic (exact) mass is 672 g/mol. The average Bonchev–Trinajstić information content (AvgIpc) is 3.45. The topological polar surface area (TPSA) is 0 Å². The molecule has 0 saturated carbocycles. The van der Waals surface area contributed by atoms with Crippen molar-refractivity contribution >= 4 is 47.7 Å². The van der Waals surface area contributed by atoms with Crippen LogP contribution in [0.2, 0.25) is 0 Å². The van der Waals surface area contributed by atoms with E-state index in [4.69, 9.17) is 0 Å². The number of rotatable bonds is 6. The zero-order chi connectivity index (χ0) is 34.0. The Morgan fingerprint density at radius 2 is 0.694 bits per heavy atom. The lowest BCUT2D eigenvalue weighted by molar-refractivity contribution is 0.351. The average molecular weight is 673 g/mol. The Morgan fingerprint density at radius 1 is 0.408 bits per heavy atom. The Labute approximate surface area is 296 Å². The van der Waals surface area contributed by atoms with Gasteiger partial charge in [0.2, 0.25) is 0 Å². The molecule has 0 aliphatic heterocycles. The lowest BCUT2D eigenvalue weighted by atomic mass is 9.72. The molecule has 6 aromatic rings. The van der Waals surface area contributed by atoms with Crippen LogP contribution in [0.15, 0.2) is 146 Å². The van der Waals surface area contributed by atoms with E-state index in [0.717, 1.165) is 12.8 Å². The summed E-state index contributed by atoms with van der Waals surface area (Å²) >= 11 is 0. The molecule has 0 heterocycles. The third-order valence-corrected chi connectivity index (χ3v) is 15.9. The number of hydrogen-bond acceptors (Lipinski definition) is 0. The van der Waals surface area contributed by atoms with Crippen LogP contribution in [-0.2, 0) is 16.2 Å². The number of fused-ring (bicyclic) bond motifs is 4. The van der Waals surface area contributed by atoms with Crippen LogP contribution in [0.25, 0.3) is 0 Å². The van der Waals surface area contributed by atoms with Crippen molar-refractivity contribution in [2.45, 2.75) is 70.6 Å². The van der Waals surface area contributed by atoms with Crippen LogP contribution in [-0.4, -0.2) is 0 Å². The zero-order valence-corrected chi connectivity index (χ0v) is 31.5. The first kappa shape index (κ1) is 32.4. The van der Waals surface area contributed by atoms with Crippen molar-refractivity contribution in [2.75, 3.05) is 0 Å². The van der Waals surface area contributed by atoms with Gasteiger partial charge in [0.25, 0.3) is 0 Å². The van der Waals surface area contributed by atoms with Gasteiger partial charge in [-0.2, -0.15) is 0 Å².